The van der Waals surface area contributed by atoms with Gasteiger partial charge in [-0.3, -0.25) is 19.1 Å². The van der Waals surface area contributed by atoms with Crippen molar-refractivity contribution in [2.24, 2.45) is 7.05 Å². The van der Waals surface area contributed by atoms with Gasteiger partial charge in [0.05, 0.1) is 28.0 Å². The average molecular weight is 421 g/mol. The maximum absolute atomic E-state index is 12.9. The Balaban J connectivity index is 1.53. The molecule has 0 saturated carbocycles. The predicted molar refractivity (Wildman–Crippen MR) is 117 cm³/mol. The van der Waals surface area contributed by atoms with Crippen LogP contribution in [-0.4, -0.2) is 31.0 Å². The fourth-order valence-electron chi connectivity index (χ4n) is 3.15. The molecule has 2 heterocycles. The quantitative estimate of drug-likeness (QED) is 0.381. The number of thioether (sulfide) groups is 1. The van der Waals surface area contributed by atoms with Crippen molar-refractivity contribution in [1.82, 2.24) is 19.3 Å². The summed E-state index contributed by atoms with van der Waals surface area (Å²) >= 11 is 1.10. The minimum absolute atomic E-state index is 0.000388. The standard InChI is InChI=1S/C21H19N5O3S/c1-13-18(20(29)26(25(13)2)14-8-4-3-5-9-14)23-17(27)12-30-21-22-16-11-7-6-10-15(16)19(28)24-21/h3-11H,12H2,1-2H3,(H,23,27)(H,22,24,28). The summed E-state index contributed by atoms with van der Waals surface area (Å²) in [7, 11) is 1.76. The van der Waals surface area contributed by atoms with Crippen molar-refractivity contribution >= 4 is 34.3 Å². The van der Waals surface area contributed by atoms with Crippen LogP contribution < -0.4 is 16.4 Å². The highest BCUT2D eigenvalue weighted by atomic mass is 32.2. The molecule has 2 aromatic carbocycles. The fourth-order valence-corrected chi connectivity index (χ4v) is 3.82. The molecule has 0 saturated heterocycles. The Hall–Kier alpha value is -3.59. The van der Waals surface area contributed by atoms with Gasteiger partial charge in [0.25, 0.3) is 11.1 Å². The minimum atomic E-state index is -0.359. The third kappa shape index (κ3) is 3.67. The van der Waals surface area contributed by atoms with Gasteiger partial charge in [-0.25, -0.2) is 9.67 Å². The molecule has 4 rings (SSSR count). The molecule has 2 aromatic heterocycles. The Bertz CT molecular complexity index is 1350. The normalized spacial score (nSPS) is 11.0. The van der Waals surface area contributed by atoms with Crippen LogP contribution in [0, 0.1) is 6.92 Å². The molecule has 0 radical (unpaired) electrons. The molecule has 0 aliphatic carbocycles. The molecule has 2 N–H and O–H groups in total. The van der Waals surface area contributed by atoms with Gasteiger partial charge in [0.1, 0.15) is 5.69 Å². The number of carbonyl (C=O) groups is 1. The van der Waals surface area contributed by atoms with Crippen molar-refractivity contribution in [3.8, 4) is 5.69 Å². The smallest absolute Gasteiger partial charge is 0.295 e. The van der Waals surface area contributed by atoms with E-state index < -0.39 is 0 Å². The molecule has 1 amide bonds. The number of nitrogens with zero attached hydrogens (tertiary/aromatic N) is 3. The molecular weight excluding hydrogens is 402 g/mol. The summed E-state index contributed by atoms with van der Waals surface area (Å²) in [4.78, 5) is 44.5. The van der Waals surface area contributed by atoms with E-state index in [9.17, 15) is 14.4 Å². The maximum atomic E-state index is 12.9. The summed E-state index contributed by atoms with van der Waals surface area (Å²) in [6.07, 6.45) is 0. The Morgan fingerprint density at radius 1 is 1.10 bits per heavy atom. The summed E-state index contributed by atoms with van der Waals surface area (Å²) in [5.41, 5.74) is 1.58. The number of nitrogens with one attached hydrogen (secondary N) is 2. The van der Waals surface area contributed by atoms with Gasteiger partial charge in [0.2, 0.25) is 5.91 Å². The summed E-state index contributed by atoms with van der Waals surface area (Å²) in [5.74, 6) is -0.359. The van der Waals surface area contributed by atoms with Crippen molar-refractivity contribution in [2.45, 2.75) is 12.1 Å². The van der Waals surface area contributed by atoms with Crippen LogP contribution in [0.1, 0.15) is 5.69 Å². The van der Waals surface area contributed by atoms with Crippen molar-refractivity contribution in [3.63, 3.8) is 0 Å². The highest BCUT2D eigenvalue weighted by Crippen LogP contribution is 2.17. The number of amides is 1. The van der Waals surface area contributed by atoms with Gasteiger partial charge >= 0.3 is 0 Å². The Labute approximate surface area is 175 Å². The predicted octanol–water partition coefficient (Wildman–Crippen LogP) is 2.45. The molecule has 30 heavy (non-hydrogen) atoms. The number of carbonyl (C=O) groups excluding carboxylic acids is 1. The summed E-state index contributed by atoms with van der Waals surface area (Å²) in [6.45, 7) is 1.77. The van der Waals surface area contributed by atoms with E-state index >= 15 is 0 Å². The van der Waals surface area contributed by atoms with Gasteiger partial charge in [0.15, 0.2) is 5.16 Å². The van der Waals surface area contributed by atoms with Gasteiger partial charge < -0.3 is 10.3 Å². The molecule has 152 valence electrons. The molecule has 0 aliphatic rings. The van der Waals surface area contributed by atoms with Crippen molar-refractivity contribution < 1.29 is 4.79 Å². The molecule has 0 fully saturated rings. The van der Waals surface area contributed by atoms with Crippen molar-refractivity contribution in [3.05, 3.63) is 81.0 Å². The lowest BCUT2D eigenvalue weighted by Crippen LogP contribution is -2.23. The van der Waals surface area contributed by atoms with Crippen molar-refractivity contribution in [2.75, 3.05) is 11.1 Å². The summed E-state index contributed by atoms with van der Waals surface area (Å²) in [6, 6.07) is 16.2. The van der Waals surface area contributed by atoms with Gasteiger partial charge in [-0.15, -0.1) is 0 Å². The number of aromatic amines is 1. The lowest BCUT2D eigenvalue weighted by molar-refractivity contribution is -0.113. The van der Waals surface area contributed by atoms with Crippen LogP contribution >= 0.6 is 11.8 Å². The third-order valence-corrected chi connectivity index (χ3v) is 5.62. The van der Waals surface area contributed by atoms with E-state index in [4.69, 9.17) is 0 Å². The summed E-state index contributed by atoms with van der Waals surface area (Å²) in [5, 5.41) is 3.54. The monoisotopic (exact) mass is 421 g/mol. The molecule has 8 nitrogen and oxygen atoms in total. The first-order chi connectivity index (χ1) is 14.5. The van der Waals surface area contributed by atoms with Crippen LogP contribution in [0.25, 0.3) is 16.6 Å². The van der Waals surface area contributed by atoms with E-state index in [1.807, 2.05) is 30.3 Å². The van der Waals surface area contributed by atoms with Crippen LogP contribution in [0.4, 0.5) is 5.69 Å². The van der Waals surface area contributed by atoms with Crippen LogP contribution in [0.15, 0.2) is 69.3 Å². The molecule has 0 unspecified atom stereocenters. The van der Waals surface area contributed by atoms with Gasteiger partial charge in [-0.05, 0) is 31.2 Å². The molecule has 0 aliphatic heterocycles. The van der Waals surface area contributed by atoms with E-state index in [0.29, 0.717) is 27.4 Å². The minimum Gasteiger partial charge on any atom is -0.319 e. The topological polar surface area (TPSA) is 102 Å². The van der Waals surface area contributed by atoms with Gasteiger partial charge in [0, 0.05) is 7.05 Å². The van der Waals surface area contributed by atoms with Crippen LogP contribution in [0.2, 0.25) is 0 Å². The number of H-pyrrole nitrogens is 1. The first kappa shape index (κ1) is 19.7. The number of fused-ring (bicyclic) bond motifs is 1. The molecular formula is C21H19N5O3S. The number of para-hydroxylation sites is 2. The van der Waals surface area contributed by atoms with E-state index in [1.54, 1.807) is 42.9 Å². The maximum Gasteiger partial charge on any atom is 0.295 e. The highest BCUT2D eigenvalue weighted by molar-refractivity contribution is 7.99. The van der Waals surface area contributed by atoms with Gasteiger partial charge in [-0.2, -0.15) is 0 Å². The second kappa shape index (κ2) is 8.03. The Kier molecular flexibility index (Phi) is 5.28. The molecule has 0 atom stereocenters. The molecule has 0 spiro atoms. The van der Waals surface area contributed by atoms with Crippen LogP contribution in [-0.2, 0) is 11.8 Å². The van der Waals surface area contributed by atoms with Crippen LogP contribution in [0.5, 0.6) is 0 Å². The van der Waals surface area contributed by atoms with E-state index in [1.165, 1.54) is 4.68 Å². The molecule has 0 bridgehead atoms. The zero-order valence-corrected chi connectivity index (χ0v) is 17.2. The molecule has 4 aromatic rings. The van der Waals surface area contributed by atoms with E-state index in [2.05, 4.69) is 15.3 Å². The number of anilines is 1. The highest BCUT2D eigenvalue weighted by Gasteiger charge is 2.18. The largest absolute Gasteiger partial charge is 0.319 e. The number of aromatic nitrogens is 4. The number of hydrogen-bond donors (Lipinski definition) is 2. The first-order valence-electron chi connectivity index (χ1n) is 9.21. The Morgan fingerprint density at radius 2 is 1.80 bits per heavy atom. The van der Waals surface area contributed by atoms with Gasteiger partial charge in [-0.1, -0.05) is 42.1 Å². The van der Waals surface area contributed by atoms with E-state index in [-0.39, 0.29) is 28.5 Å². The third-order valence-electron chi connectivity index (χ3n) is 4.75. The lowest BCUT2D eigenvalue weighted by Gasteiger charge is -2.07. The number of benzene rings is 2. The van der Waals surface area contributed by atoms with Crippen LogP contribution in [0.3, 0.4) is 0 Å². The van der Waals surface area contributed by atoms with E-state index in [0.717, 1.165) is 11.8 Å². The second-order valence-electron chi connectivity index (χ2n) is 6.66. The Morgan fingerprint density at radius 3 is 2.57 bits per heavy atom. The zero-order chi connectivity index (χ0) is 21.3. The lowest BCUT2D eigenvalue weighted by atomic mass is 10.2. The zero-order valence-electron chi connectivity index (χ0n) is 16.4. The number of hydrogen-bond acceptors (Lipinski definition) is 5. The molecule has 9 heteroatoms. The first-order valence-corrected chi connectivity index (χ1v) is 10.2. The fraction of sp³-hybridized carbons (Fsp3) is 0.143. The second-order valence-corrected chi connectivity index (χ2v) is 7.63. The average Bonchev–Trinajstić information content (AvgIpc) is 2.96. The number of rotatable bonds is 5. The summed E-state index contributed by atoms with van der Waals surface area (Å²) < 4.78 is 3.20. The SMILES string of the molecule is Cc1c(NC(=O)CSc2nc3ccccc3c(=O)[nH]2)c(=O)n(-c2ccccc2)n1C. The van der Waals surface area contributed by atoms with Crippen molar-refractivity contribution in [1.29, 1.82) is 0 Å².